The van der Waals surface area contributed by atoms with Crippen LogP contribution in [0.25, 0.3) is 11.3 Å². The summed E-state index contributed by atoms with van der Waals surface area (Å²) >= 11 is 0. The first-order chi connectivity index (χ1) is 14.7. The Kier molecular flexibility index (Phi) is 8.15. The average molecular weight is 410 g/mol. The highest BCUT2D eigenvalue weighted by atomic mass is 19.1. The van der Waals surface area contributed by atoms with E-state index in [4.69, 9.17) is 9.15 Å². The number of amides is 1. The standard InChI is InChI=1S/C24H27FN2O3/c1-29-17-16-27(15-7-10-19-8-3-2-4-9-19)24(28)14-13-23-26-18-22(30-23)20-11-5-6-12-21(20)25/h2-6,8-9,11-12,18H,7,10,13-17H2,1H3. The molecule has 2 aromatic carbocycles. The molecular weight excluding hydrogens is 383 g/mol. The second kappa shape index (κ2) is 11.3. The van der Waals surface area contributed by atoms with Gasteiger partial charge in [0.05, 0.1) is 18.4 Å². The second-order valence-corrected chi connectivity index (χ2v) is 7.06. The first-order valence-electron chi connectivity index (χ1n) is 10.2. The summed E-state index contributed by atoms with van der Waals surface area (Å²) in [7, 11) is 1.63. The maximum atomic E-state index is 13.9. The van der Waals surface area contributed by atoms with E-state index >= 15 is 0 Å². The van der Waals surface area contributed by atoms with Crippen LogP contribution < -0.4 is 0 Å². The Morgan fingerprint density at radius 1 is 1.07 bits per heavy atom. The first-order valence-corrected chi connectivity index (χ1v) is 10.2. The minimum Gasteiger partial charge on any atom is -0.441 e. The number of hydrogen-bond acceptors (Lipinski definition) is 4. The predicted octanol–water partition coefficient (Wildman–Crippen LogP) is 4.52. The van der Waals surface area contributed by atoms with Gasteiger partial charge in [0.25, 0.3) is 0 Å². The third-order valence-corrected chi connectivity index (χ3v) is 4.90. The quantitative estimate of drug-likeness (QED) is 0.466. The average Bonchev–Trinajstić information content (AvgIpc) is 3.24. The van der Waals surface area contributed by atoms with Gasteiger partial charge in [-0.1, -0.05) is 42.5 Å². The van der Waals surface area contributed by atoms with Gasteiger partial charge >= 0.3 is 0 Å². The Bertz CT molecular complexity index is 927. The van der Waals surface area contributed by atoms with Crippen molar-refractivity contribution in [3.05, 3.63) is 78.1 Å². The Labute approximate surface area is 176 Å². The monoisotopic (exact) mass is 410 g/mol. The number of halogens is 1. The van der Waals surface area contributed by atoms with Gasteiger partial charge in [-0.15, -0.1) is 0 Å². The Morgan fingerprint density at radius 3 is 2.60 bits per heavy atom. The Morgan fingerprint density at radius 2 is 1.83 bits per heavy atom. The van der Waals surface area contributed by atoms with Crippen molar-refractivity contribution in [2.75, 3.05) is 26.8 Å². The van der Waals surface area contributed by atoms with Gasteiger partial charge in [-0.3, -0.25) is 4.79 Å². The summed E-state index contributed by atoms with van der Waals surface area (Å²) in [5.74, 6) is 0.471. The molecule has 0 atom stereocenters. The Balaban J connectivity index is 1.53. The van der Waals surface area contributed by atoms with Crippen molar-refractivity contribution in [1.82, 2.24) is 9.88 Å². The zero-order valence-corrected chi connectivity index (χ0v) is 17.2. The maximum absolute atomic E-state index is 13.9. The van der Waals surface area contributed by atoms with E-state index in [2.05, 4.69) is 17.1 Å². The molecule has 0 saturated carbocycles. The lowest BCUT2D eigenvalue weighted by Gasteiger charge is -2.22. The summed E-state index contributed by atoms with van der Waals surface area (Å²) in [6, 6.07) is 16.6. The van der Waals surface area contributed by atoms with Crippen LogP contribution in [0.1, 0.15) is 24.3 Å². The molecule has 3 rings (SSSR count). The lowest BCUT2D eigenvalue weighted by atomic mass is 10.1. The number of hydrogen-bond donors (Lipinski definition) is 0. The minimum atomic E-state index is -0.361. The molecular formula is C24H27FN2O3. The predicted molar refractivity (Wildman–Crippen MR) is 113 cm³/mol. The number of rotatable bonds is 11. The number of carbonyl (C=O) groups is 1. The fourth-order valence-electron chi connectivity index (χ4n) is 3.26. The number of oxazole rings is 1. The molecule has 158 valence electrons. The third-order valence-electron chi connectivity index (χ3n) is 4.90. The number of benzene rings is 2. The number of aryl methyl sites for hydroxylation is 2. The molecule has 0 aliphatic carbocycles. The van der Waals surface area contributed by atoms with Gasteiger partial charge in [0.1, 0.15) is 5.82 Å². The highest BCUT2D eigenvalue weighted by Gasteiger charge is 2.16. The van der Waals surface area contributed by atoms with E-state index in [0.29, 0.717) is 43.3 Å². The van der Waals surface area contributed by atoms with Crippen molar-refractivity contribution >= 4 is 5.91 Å². The van der Waals surface area contributed by atoms with Crippen LogP contribution in [0.2, 0.25) is 0 Å². The van der Waals surface area contributed by atoms with E-state index in [9.17, 15) is 9.18 Å². The first kappa shape index (κ1) is 21.7. The van der Waals surface area contributed by atoms with Crippen LogP contribution in [0.5, 0.6) is 0 Å². The van der Waals surface area contributed by atoms with Crippen LogP contribution in [-0.2, 0) is 22.4 Å². The van der Waals surface area contributed by atoms with Crippen molar-refractivity contribution in [3.63, 3.8) is 0 Å². The fraction of sp³-hybridized carbons (Fsp3) is 0.333. The van der Waals surface area contributed by atoms with E-state index in [-0.39, 0.29) is 18.1 Å². The molecule has 30 heavy (non-hydrogen) atoms. The fourth-order valence-corrected chi connectivity index (χ4v) is 3.26. The number of ether oxygens (including phenoxy) is 1. The molecule has 0 radical (unpaired) electrons. The highest BCUT2D eigenvalue weighted by Crippen LogP contribution is 2.23. The van der Waals surface area contributed by atoms with Crippen molar-refractivity contribution in [2.45, 2.75) is 25.7 Å². The van der Waals surface area contributed by atoms with Gasteiger partial charge in [-0.2, -0.15) is 0 Å². The molecule has 1 aromatic heterocycles. The molecule has 3 aromatic rings. The van der Waals surface area contributed by atoms with Gasteiger partial charge in [0, 0.05) is 33.0 Å². The largest absolute Gasteiger partial charge is 0.441 e. The summed E-state index contributed by atoms with van der Waals surface area (Å²) in [6.07, 6.45) is 3.96. The van der Waals surface area contributed by atoms with Crippen LogP contribution in [0.15, 0.2) is 65.2 Å². The number of methoxy groups -OCH3 is 1. The smallest absolute Gasteiger partial charge is 0.223 e. The van der Waals surface area contributed by atoms with Gasteiger partial charge in [0.2, 0.25) is 5.91 Å². The lowest BCUT2D eigenvalue weighted by Crippen LogP contribution is -2.35. The van der Waals surface area contributed by atoms with Crippen LogP contribution in [0.4, 0.5) is 4.39 Å². The number of carbonyl (C=O) groups excluding carboxylic acids is 1. The molecule has 0 fully saturated rings. The summed E-state index contributed by atoms with van der Waals surface area (Å²) in [4.78, 5) is 18.8. The number of nitrogens with zero attached hydrogens (tertiary/aromatic N) is 2. The van der Waals surface area contributed by atoms with Crippen molar-refractivity contribution < 1.29 is 18.3 Å². The molecule has 0 saturated heterocycles. The lowest BCUT2D eigenvalue weighted by molar-refractivity contribution is -0.132. The van der Waals surface area contributed by atoms with Crippen LogP contribution in [0.3, 0.4) is 0 Å². The molecule has 0 bridgehead atoms. The van der Waals surface area contributed by atoms with Crippen LogP contribution in [-0.4, -0.2) is 42.6 Å². The van der Waals surface area contributed by atoms with Gasteiger partial charge in [-0.25, -0.2) is 9.37 Å². The van der Waals surface area contributed by atoms with Crippen molar-refractivity contribution in [1.29, 1.82) is 0 Å². The molecule has 1 amide bonds. The molecule has 1 heterocycles. The zero-order valence-electron chi connectivity index (χ0n) is 17.2. The maximum Gasteiger partial charge on any atom is 0.223 e. The topological polar surface area (TPSA) is 55.6 Å². The summed E-state index contributed by atoms with van der Waals surface area (Å²) in [5.41, 5.74) is 1.63. The SMILES string of the molecule is COCCN(CCCc1ccccc1)C(=O)CCc1ncc(-c2ccccc2F)o1. The van der Waals surface area contributed by atoms with Gasteiger partial charge in [0.15, 0.2) is 11.7 Å². The highest BCUT2D eigenvalue weighted by molar-refractivity contribution is 5.76. The third kappa shape index (κ3) is 6.26. The molecule has 6 heteroatoms. The molecule has 0 spiro atoms. The van der Waals surface area contributed by atoms with Crippen LogP contribution >= 0.6 is 0 Å². The van der Waals surface area contributed by atoms with E-state index in [1.807, 2.05) is 23.1 Å². The van der Waals surface area contributed by atoms with Gasteiger partial charge < -0.3 is 14.1 Å². The Hall–Kier alpha value is -2.99. The molecule has 0 N–H and O–H groups in total. The van der Waals surface area contributed by atoms with Crippen LogP contribution in [0, 0.1) is 5.82 Å². The van der Waals surface area contributed by atoms with E-state index < -0.39 is 0 Å². The van der Waals surface area contributed by atoms with Crippen molar-refractivity contribution in [3.8, 4) is 11.3 Å². The second-order valence-electron chi connectivity index (χ2n) is 7.06. The molecule has 0 unspecified atom stereocenters. The van der Waals surface area contributed by atoms with E-state index in [1.165, 1.54) is 17.8 Å². The summed E-state index contributed by atoms with van der Waals surface area (Å²) in [5, 5.41) is 0. The number of aromatic nitrogens is 1. The summed E-state index contributed by atoms with van der Waals surface area (Å²) < 4.78 is 24.7. The zero-order chi connectivity index (χ0) is 21.2. The van der Waals surface area contributed by atoms with Gasteiger partial charge in [-0.05, 0) is 30.5 Å². The molecule has 0 aliphatic rings. The van der Waals surface area contributed by atoms with E-state index in [0.717, 1.165) is 12.8 Å². The minimum absolute atomic E-state index is 0.0331. The van der Waals surface area contributed by atoms with Crippen molar-refractivity contribution in [2.24, 2.45) is 0 Å². The molecule has 5 nitrogen and oxygen atoms in total. The normalized spacial score (nSPS) is 10.9. The summed E-state index contributed by atoms with van der Waals surface area (Å²) in [6.45, 7) is 1.72. The van der Waals surface area contributed by atoms with E-state index in [1.54, 1.807) is 25.3 Å². The molecule has 0 aliphatic heterocycles.